The van der Waals surface area contributed by atoms with E-state index in [2.05, 4.69) is 20.8 Å². The Labute approximate surface area is 176 Å². The third kappa shape index (κ3) is 4.66. The third-order valence-electron chi connectivity index (χ3n) is 4.21. The normalized spacial score (nSPS) is 14.8. The highest BCUT2D eigenvalue weighted by atomic mass is 32.1. The van der Waals surface area contributed by atoms with E-state index in [9.17, 15) is 9.59 Å². The predicted octanol–water partition coefficient (Wildman–Crippen LogP) is 2.85. The van der Waals surface area contributed by atoms with Gasteiger partial charge in [-0.05, 0) is 36.4 Å². The summed E-state index contributed by atoms with van der Waals surface area (Å²) in [6.07, 6.45) is -1.05. The molecule has 0 bridgehead atoms. The van der Waals surface area contributed by atoms with Gasteiger partial charge in [-0.25, -0.2) is 0 Å². The van der Waals surface area contributed by atoms with Crippen molar-refractivity contribution in [2.45, 2.75) is 19.1 Å². The number of para-hydroxylation sites is 2. The van der Waals surface area contributed by atoms with Crippen LogP contribution in [0.5, 0.6) is 17.2 Å². The average molecular weight is 426 g/mol. The minimum Gasteiger partial charge on any atom is -0.497 e. The van der Waals surface area contributed by atoms with Crippen LogP contribution in [-0.2, 0) is 16.2 Å². The van der Waals surface area contributed by atoms with Gasteiger partial charge in [0.1, 0.15) is 23.9 Å². The zero-order chi connectivity index (χ0) is 20.9. The number of aromatic nitrogens is 2. The first-order chi connectivity index (χ1) is 14.6. The van der Waals surface area contributed by atoms with Gasteiger partial charge in [-0.1, -0.05) is 23.5 Å². The molecule has 0 radical (unpaired) electrons. The molecule has 154 valence electrons. The molecule has 1 atom stereocenters. The predicted molar refractivity (Wildman–Crippen MR) is 110 cm³/mol. The van der Waals surface area contributed by atoms with Gasteiger partial charge in [-0.2, -0.15) is 0 Å². The molecular formula is C20H18N4O5S. The van der Waals surface area contributed by atoms with E-state index in [1.807, 2.05) is 0 Å². The quantitative estimate of drug-likeness (QED) is 0.597. The largest absolute Gasteiger partial charge is 0.497 e. The van der Waals surface area contributed by atoms with E-state index < -0.39 is 12.0 Å². The van der Waals surface area contributed by atoms with Crippen LogP contribution in [0.4, 0.5) is 10.8 Å². The lowest BCUT2D eigenvalue weighted by molar-refractivity contribution is -0.128. The van der Waals surface area contributed by atoms with Crippen molar-refractivity contribution in [1.82, 2.24) is 10.2 Å². The van der Waals surface area contributed by atoms with Gasteiger partial charge in [-0.3, -0.25) is 9.59 Å². The number of hydrogen-bond donors (Lipinski definition) is 2. The fraction of sp³-hybridized carbons (Fsp3) is 0.200. The fourth-order valence-electron chi connectivity index (χ4n) is 2.75. The highest BCUT2D eigenvalue weighted by Crippen LogP contribution is 2.29. The topological polar surface area (TPSA) is 112 Å². The highest BCUT2D eigenvalue weighted by molar-refractivity contribution is 7.15. The van der Waals surface area contributed by atoms with Crippen LogP contribution in [0.15, 0.2) is 48.5 Å². The van der Waals surface area contributed by atoms with Crippen molar-refractivity contribution in [3.63, 3.8) is 0 Å². The number of anilines is 2. The fourth-order valence-corrected chi connectivity index (χ4v) is 3.41. The molecule has 1 aromatic heterocycles. The van der Waals surface area contributed by atoms with E-state index in [-0.39, 0.29) is 18.9 Å². The molecular weight excluding hydrogens is 408 g/mol. The first-order valence-corrected chi connectivity index (χ1v) is 9.88. The lowest BCUT2D eigenvalue weighted by Gasteiger charge is -2.25. The van der Waals surface area contributed by atoms with E-state index in [0.29, 0.717) is 27.3 Å². The van der Waals surface area contributed by atoms with E-state index in [1.54, 1.807) is 55.6 Å². The Balaban J connectivity index is 1.29. The maximum Gasteiger partial charge on any atom is 0.266 e. The molecule has 2 amide bonds. The molecule has 1 aliphatic heterocycles. The van der Waals surface area contributed by atoms with Gasteiger partial charge >= 0.3 is 0 Å². The van der Waals surface area contributed by atoms with Crippen molar-refractivity contribution < 1.29 is 23.8 Å². The van der Waals surface area contributed by atoms with Crippen LogP contribution in [0.25, 0.3) is 0 Å². The van der Waals surface area contributed by atoms with Gasteiger partial charge in [0.25, 0.3) is 5.91 Å². The molecule has 2 N–H and O–H groups in total. The molecule has 2 aromatic carbocycles. The molecule has 1 aliphatic rings. The summed E-state index contributed by atoms with van der Waals surface area (Å²) in [4.78, 5) is 24.5. The Morgan fingerprint density at radius 1 is 1.17 bits per heavy atom. The van der Waals surface area contributed by atoms with Crippen molar-refractivity contribution >= 4 is 34.0 Å². The van der Waals surface area contributed by atoms with Gasteiger partial charge in [0.05, 0.1) is 19.2 Å². The summed E-state index contributed by atoms with van der Waals surface area (Å²) in [7, 11) is 1.60. The maximum absolute atomic E-state index is 12.3. The Morgan fingerprint density at radius 3 is 2.73 bits per heavy atom. The molecule has 0 saturated heterocycles. The van der Waals surface area contributed by atoms with Crippen LogP contribution >= 0.6 is 11.3 Å². The number of methoxy groups -OCH3 is 1. The average Bonchev–Trinajstić information content (AvgIpc) is 3.20. The lowest BCUT2D eigenvalue weighted by atomic mass is 10.1. The second-order valence-corrected chi connectivity index (χ2v) is 7.37. The molecule has 0 fully saturated rings. The number of ether oxygens (including phenoxy) is 3. The molecule has 0 aliphatic carbocycles. The zero-order valence-corrected chi connectivity index (χ0v) is 16.8. The highest BCUT2D eigenvalue weighted by Gasteiger charge is 2.29. The molecule has 2 heterocycles. The van der Waals surface area contributed by atoms with Gasteiger partial charge < -0.3 is 24.8 Å². The number of carbonyl (C=O) groups excluding carboxylic acids is 2. The van der Waals surface area contributed by atoms with E-state index in [0.717, 1.165) is 5.75 Å². The number of rotatable bonds is 7. The second-order valence-electron chi connectivity index (χ2n) is 6.31. The van der Waals surface area contributed by atoms with Gasteiger partial charge in [0, 0.05) is 0 Å². The minimum atomic E-state index is -0.911. The third-order valence-corrected chi connectivity index (χ3v) is 5.02. The molecule has 4 rings (SSSR count). The van der Waals surface area contributed by atoms with E-state index in [1.165, 1.54) is 11.3 Å². The van der Waals surface area contributed by atoms with Crippen LogP contribution in [0.3, 0.4) is 0 Å². The van der Waals surface area contributed by atoms with E-state index >= 15 is 0 Å². The second kappa shape index (κ2) is 8.78. The number of hydrogen-bond acceptors (Lipinski definition) is 8. The molecule has 0 saturated carbocycles. The number of amides is 2. The summed E-state index contributed by atoms with van der Waals surface area (Å²) in [6, 6.07) is 14.2. The van der Waals surface area contributed by atoms with Gasteiger partial charge in [0.15, 0.2) is 11.1 Å². The molecule has 3 aromatic rings. The van der Waals surface area contributed by atoms with Crippen molar-refractivity contribution in [2.24, 2.45) is 0 Å². The van der Waals surface area contributed by atoms with Crippen LogP contribution in [0.1, 0.15) is 11.4 Å². The smallest absolute Gasteiger partial charge is 0.266 e. The Morgan fingerprint density at radius 2 is 1.93 bits per heavy atom. The molecule has 1 unspecified atom stereocenters. The summed E-state index contributed by atoms with van der Waals surface area (Å²) in [5.41, 5.74) is 0.588. The molecule has 10 heteroatoms. The molecule has 0 spiro atoms. The van der Waals surface area contributed by atoms with Gasteiger partial charge in [-0.15, -0.1) is 10.2 Å². The van der Waals surface area contributed by atoms with Crippen LogP contribution in [0, 0.1) is 0 Å². The summed E-state index contributed by atoms with van der Waals surface area (Å²) >= 11 is 1.19. The van der Waals surface area contributed by atoms with E-state index in [4.69, 9.17) is 14.2 Å². The minimum absolute atomic E-state index is 0.141. The summed E-state index contributed by atoms with van der Waals surface area (Å²) in [5, 5.41) is 14.2. The number of nitrogens with zero attached hydrogens (tertiary/aromatic N) is 2. The first-order valence-electron chi connectivity index (χ1n) is 9.06. The van der Waals surface area contributed by atoms with Gasteiger partial charge in [0.2, 0.25) is 11.0 Å². The van der Waals surface area contributed by atoms with Crippen LogP contribution in [-0.4, -0.2) is 35.2 Å². The SMILES string of the molecule is COc1ccc(OCc2nnc(NC(=O)CC3Oc4ccccc4NC3=O)s2)cc1. The number of fused-ring (bicyclic) bond motifs is 1. The number of benzene rings is 2. The standard InChI is InChI=1S/C20H18N4O5S/c1-27-12-6-8-13(9-7-12)28-11-18-23-24-20(30-18)22-17(25)10-16-19(26)21-14-4-2-3-5-15(14)29-16/h2-9,16H,10-11H2,1H3,(H,21,26)(H,22,24,25). The van der Waals surface area contributed by atoms with Crippen molar-refractivity contribution in [2.75, 3.05) is 17.7 Å². The first kappa shape index (κ1) is 19.6. The summed E-state index contributed by atoms with van der Waals surface area (Å²) in [6.45, 7) is 0.213. The van der Waals surface area contributed by atoms with Crippen molar-refractivity contribution in [3.8, 4) is 17.2 Å². The van der Waals surface area contributed by atoms with Crippen LogP contribution in [0.2, 0.25) is 0 Å². The monoisotopic (exact) mass is 426 g/mol. The maximum atomic E-state index is 12.3. The Bertz CT molecular complexity index is 1050. The number of nitrogens with one attached hydrogen (secondary N) is 2. The Kier molecular flexibility index (Phi) is 5.75. The molecule has 9 nitrogen and oxygen atoms in total. The lowest BCUT2D eigenvalue weighted by Crippen LogP contribution is -2.39. The molecule has 30 heavy (non-hydrogen) atoms. The van der Waals surface area contributed by atoms with Crippen molar-refractivity contribution in [3.05, 3.63) is 53.5 Å². The van der Waals surface area contributed by atoms with Crippen LogP contribution < -0.4 is 24.8 Å². The Hall–Kier alpha value is -3.66. The summed E-state index contributed by atoms with van der Waals surface area (Å²) in [5.74, 6) is 1.17. The zero-order valence-electron chi connectivity index (χ0n) is 16.0. The number of carbonyl (C=O) groups is 2. The summed E-state index contributed by atoms with van der Waals surface area (Å²) < 4.78 is 16.4. The van der Waals surface area contributed by atoms with Crippen molar-refractivity contribution in [1.29, 1.82) is 0 Å².